The van der Waals surface area contributed by atoms with Gasteiger partial charge >= 0.3 is 0 Å². The molecule has 3 aromatic carbocycles. The normalized spacial score (nSPS) is 12.2. The van der Waals surface area contributed by atoms with Crippen molar-refractivity contribution in [2.45, 2.75) is 44.3 Å². The number of amides is 2. The van der Waals surface area contributed by atoms with Crippen LogP contribution in [0, 0.1) is 5.82 Å². The van der Waals surface area contributed by atoms with Gasteiger partial charge in [-0.05, 0) is 63.2 Å². The number of carbonyl (C=O) groups is 2. The van der Waals surface area contributed by atoms with E-state index >= 15 is 0 Å². The van der Waals surface area contributed by atoms with Gasteiger partial charge in [-0.15, -0.1) is 0 Å². The first kappa shape index (κ1) is 30.7. The van der Waals surface area contributed by atoms with E-state index in [1.807, 2.05) is 0 Å². The van der Waals surface area contributed by atoms with Crippen LogP contribution in [0.3, 0.4) is 0 Å². The van der Waals surface area contributed by atoms with Gasteiger partial charge in [0, 0.05) is 28.2 Å². The number of rotatable bonds is 10. The Morgan fingerprint density at radius 3 is 2.08 bits per heavy atom. The third-order valence-corrected chi connectivity index (χ3v) is 8.58. The fourth-order valence-corrected chi connectivity index (χ4v) is 5.85. The largest absolute Gasteiger partial charge is 0.352 e. The molecule has 0 spiro atoms. The summed E-state index contributed by atoms with van der Waals surface area (Å²) in [5.74, 6) is -1.93. The molecule has 3 rings (SSSR count). The summed E-state index contributed by atoms with van der Waals surface area (Å²) in [4.78, 5) is 27.9. The number of hydrogen-bond acceptors (Lipinski definition) is 4. The van der Waals surface area contributed by atoms with E-state index in [1.165, 1.54) is 42.2 Å². The molecule has 0 heterocycles. The lowest BCUT2D eigenvalue weighted by Crippen LogP contribution is -2.52. The Hall–Kier alpha value is -2.85. The molecule has 3 aromatic rings. The molecule has 0 aromatic heterocycles. The monoisotopic (exact) mass is 613 g/mol. The molecule has 0 aliphatic rings. The highest BCUT2D eigenvalue weighted by Crippen LogP contribution is 2.30. The molecule has 0 saturated carbocycles. The van der Waals surface area contributed by atoms with Crippen molar-refractivity contribution in [3.8, 4) is 0 Å². The lowest BCUT2D eigenvalue weighted by Gasteiger charge is -2.32. The molecule has 0 unspecified atom stereocenters. The second-order valence-electron chi connectivity index (χ2n) is 8.98. The van der Waals surface area contributed by atoms with E-state index in [0.29, 0.717) is 5.56 Å². The van der Waals surface area contributed by atoms with Crippen molar-refractivity contribution in [3.05, 3.63) is 93.2 Å². The van der Waals surface area contributed by atoms with E-state index in [-0.39, 0.29) is 38.2 Å². The fraction of sp³-hybridized carbons (Fsp3) is 0.259. The molecule has 0 aliphatic carbocycles. The zero-order valence-electron chi connectivity index (χ0n) is 21.4. The highest BCUT2D eigenvalue weighted by molar-refractivity contribution is 7.92. The minimum Gasteiger partial charge on any atom is -0.352 e. The first-order valence-electron chi connectivity index (χ1n) is 11.9. The quantitative estimate of drug-likeness (QED) is 0.307. The highest BCUT2D eigenvalue weighted by Gasteiger charge is 2.33. The second kappa shape index (κ2) is 13.0. The van der Waals surface area contributed by atoms with E-state index in [9.17, 15) is 22.4 Å². The Kier molecular flexibility index (Phi) is 10.2. The van der Waals surface area contributed by atoms with Gasteiger partial charge in [-0.1, -0.05) is 59.1 Å². The number of hydrogen-bond donors (Lipinski definition) is 1. The Balaban J connectivity index is 2.08. The maximum Gasteiger partial charge on any atom is 0.264 e. The molecule has 0 saturated heterocycles. The molecule has 39 heavy (non-hydrogen) atoms. The van der Waals surface area contributed by atoms with Crippen LogP contribution in [-0.2, 0) is 26.2 Å². The van der Waals surface area contributed by atoms with Gasteiger partial charge in [-0.3, -0.25) is 13.9 Å². The summed E-state index contributed by atoms with van der Waals surface area (Å²) in [6, 6.07) is 14.4. The first-order valence-corrected chi connectivity index (χ1v) is 14.5. The van der Waals surface area contributed by atoms with Crippen molar-refractivity contribution in [2.24, 2.45) is 0 Å². The van der Waals surface area contributed by atoms with Crippen molar-refractivity contribution < 1.29 is 22.4 Å². The van der Waals surface area contributed by atoms with E-state index in [2.05, 4.69) is 5.32 Å². The number of benzene rings is 3. The van der Waals surface area contributed by atoms with Gasteiger partial charge in [0.2, 0.25) is 11.8 Å². The third-order valence-electron chi connectivity index (χ3n) is 5.79. The first-order chi connectivity index (χ1) is 18.3. The Bertz CT molecular complexity index is 1440. The summed E-state index contributed by atoms with van der Waals surface area (Å²) < 4.78 is 42.2. The van der Waals surface area contributed by atoms with Crippen molar-refractivity contribution >= 4 is 62.3 Å². The number of halogens is 4. The molecule has 0 radical (unpaired) electrons. The number of carbonyl (C=O) groups excluding carboxylic acids is 2. The Labute approximate surface area is 242 Å². The summed E-state index contributed by atoms with van der Waals surface area (Å²) in [7, 11) is -4.31. The molecule has 0 bridgehead atoms. The number of nitrogens with one attached hydrogen (secondary N) is 1. The maximum absolute atomic E-state index is 13.9. The average molecular weight is 615 g/mol. The van der Waals surface area contributed by atoms with Crippen molar-refractivity contribution in [1.82, 2.24) is 10.2 Å². The molecular weight excluding hydrogens is 588 g/mol. The van der Waals surface area contributed by atoms with Gasteiger partial charge in [0.15, 0.2) is 0 Å². The molecule has 7 nitrogen and oxygen atoms in total. The fourth-order valence-electron chi connectivity index (χ4n) is 3.73. The smallest absolute Gasteiger partial charge is 0.264 e. The molecule has 1 atom stereocenters. The van der Waals surface area contributed by atoms with Crippen LogP contribution in [0.4, 0.5) is 10.1 Å². The Morgan fingerprint density at radius 2 is 1.51 bits per heavy atom. The second-order valence-corrected chi connectivity index (χ2v) is 12.1. The van der Waals surface area contributed by atoms with Gasteiger partial charge in [-0.2, -0.15) is 0 Å². The van der Waals surface area contributed by atoms with Crippen LogP contribution >= 0.6 is 34.8 Å². The summed E-state index contributed by atoms with van der Waals surface area (Å²) in [5.41, 5.74) is 0.356. The zero-order chi connectivity index (χ0) is 28.9. The van der Waals surface area contributed by atoms with Crippen molar-refractivity contribution in [3.63, 3.8) is 0 Å². The molecule has 12 heteroatoms. The standard InChI is InChI=1S/C27H27Cl3FN3O4S/c1-17(2)32-27(36)18(3)33(15-21-22(28)10-7-11-23(21)29)26(35)16-34(19-12-13-25(31)24(30)14-19)39(37,38)20-8-5-4-6-9-20/h4-14,17-18H,15-16H2,1-3H3,(H,32,36)/t18-/m1/s1. The minimum absolute atomic E-state index is 0.0337. The Morgan fingerprint density at radius 1 is 0.897 bits per heavy atom. The van der Waals surface area contributed by atoms with E-state index < -0.39 is 40.2 Å². The minimum atomic E-state index is -4.31. The average Bonchev–Trinajstić information content (AvgIpc) is 2.88. The van der Waals surface area contributed by atoms with Crippen LogP contribution < -0.4 is 9.62 Å². The van der Waals surface area contributed by atoms with Crippen molar-refractivity contribution in [1.29, 1.82) is 0 Å². The van der Waals surface area contributed by atoms with Crippen LogP contribution in [0.1, 0.15) is 26.3 Å². The predicted octanol–water partition coefficient (Wildman–Crippen LogP) is 5.92. The third kappa shape index (κ3) is 7.42. The number of sulfonamides is 1. The van der Waals surface area contributed by atoms with Gasteiger partial charge < -0.3 is 10.2 Å². The topological polar surface area (TPSA) is 86.8 Å². The predicted molar refractivity (Wildman–Crippen MR) is 152 cm³/mol. The zero-order valence-corrected chi connectivity index (χ0v) is 24.5. The summed E-state index contributed by atoms with van der Waals surface area (Å²) in [5, 5.41) is 2.98. The maximum atomic E-state index is 13.9. The van der Waals surface area contributed by atoms with E-state index in [4.69, 9.17) is 34.8 Å². The van der Waals surface area contributed by atoms with Gasteiger partial charge in [0.1, 0.15) is 18.4 Å². The van der Waals surface area contributed by atoms with Crippen LogP contribution in [0.25, 0.3) is 0 Å². The van der Waals surface area contributed by atoms with Crippen LogP contribution in [0.2, 0.25) is 15.1 Å². The van der Waals surface area contributed by atoms with Crippen LogP contribution in [0.5, 0.6) is 0 Å². The lowest BCUT2D eigenvalue weighted by atomic mass is 10.1. The lowest BCUT2D eigenvalue weighted by molar-refractivity contribution is -0.139. The van der Waals surface area contributed by atoms with Gasteiger partial charge in [-0.25, -0.2) is 12.8 Å². The number of anilines is 1. The molecule has 1 N–H and O–H groups in total. The summed E-state index contributed by atoms with van der Waals surface area (Å²) in [6.45, 7) is 4.17. The molecule has 2 amide bonds. The molecule has 0 fully saturated rings. The highest BCUT2D eigenvalue weighted by atomic mass is 35.5. The van der Waals surface area contributed by atoms with Gasteiger partial charge in [0.25, 0.3) is 10.0 Å². The SMILES string of the molecule is CC(C)NC(=O)[C@@H](C)N(Cc1c(Cl)cccc1Cl)C(=O)CN(c1ccc(F)c(Cl)c1)S(=O)(=O)c1ccccc1. The number of nitrogens with zero attached hydrogens (tertiary/aromatic N) is 2. The summed E-state index contributed by atoms with van der Waals surface area (Å²) >= 11 is 18.7. The van der Waals surface area contributed by atoms with E-state index in [0.717, 1.165) is 16.4 Å². The molecule has 0 aliphatic heterocycles. The van der Waals surface area contributed by atoms with Crippen molar-refractivity contribution in [2.75, 3.05) is 10.8 Å². The van der Waals surface area contributed by atoms with Gasteiger partial charge in [0.05, 0.1) is 15.6 Å². The summed E-state index contributed by atoms with van der Waals surface area (Å²) in [6.07, 6.45) is 0. The molecular formula is C27H27Cl3FN3O4S. The van der Waals surface area contributed by atoms with Crippen LogP contribution in [0.15, 0.2) is 71.6 Å². The van der Waals surface area contributed by atoms with Crippen LogP contribution in [-0.4, -0.2) is 43.8 Å². The van der Waals surface area contributed by atoms with E-state index in [1.54, 1.807) is 38.1 Å². The molecule has 208 valence electrons.